The van der Waals surface area contributed by atoms with Crippen LogP contribution >= 0.6 is 0 Å². The zero-order chi connectivity index (χ0) is 22.2. The van der Waals surface area contributed by atoms with Gasteiger partial charge in [-0.2, -0.15) is 0 Å². The summed E-state index contributed by atoms with van der Waals surface area (Å²) in [7, 11) is 0. The normalized spacial score (nSPS) is 19.4. The van der Waals surface area contributed by atoms with Gasteiger partial charge in [-0.1, -0.05) is 18.2 Å². The van der Waals surface area contributed by atoms with Gasteiger partial charge in [-0.15, -0.1) is 0 Å². The highest BCUT2D eigenvalue weighted by atomic mass is 19.1. The number of hydrogen-bond acceptors (Lipinski definition) is 6. The second-order valence-electron chi connectivity index (χ2n) is 7.39. The number of amides is 1. The number of hydrogen-bond donors (Lipinski definition) is 1. The predicted molar refractivity (Wildman–Crippen MR) is 110 cm³/mol. The number of furan rings is 1. The number of benzene rings is 2. The average Bonchev–Trinajstić information content (AvgIpc) is 3.41. The number of ether oxygens (including phenoxy) is 2. The molecule has 3 heterocycles. The number of rotatable bonds is 4. The molecule has 1 atom stereocenters. The highest BCUT2D eigenvalue weighted by Crippen LogP contribution is 2.42. The van der Waals surface area contributed by atoms with Gasteiger partial charge in [0.05, 0.1) is 24.4 Å². The Hall–Kier alpha value is -4.07. The third-order valence-corrected chi connectivity index (χ3v) is 5.46. The molecule has 5 rings (SSSR count). The van der Waals surface area contributed by atoms with Gasteiger partial charge in [-0.05, 0) is 36.4 Å². The molecule has 1 unspecified atom stereocenters. The zero-order valence-electron chi connectivity index (χ0n) is 16.8. The Morgan fingerprint density at radius 3 is 2.56 bits per heavy atom. The summed E-state index contributed by atoms with van der Waals surface area (Å²) in [5.41, 5.74) is 0.146. The lowest BCUT2D eigenvalue weighted by molar-refractivity contribution is -0.140. The molecule has 0 saturated carbocycles. The van der Waals surface area contributed by atoms with Crippen molar-refractivity contribution in [2.24, 2.45) is 0 Å². The number of carbonyl (C=O) groups is 2. The van der Waals surface area contributed by atoms with Crippen molar-refractivity contribution >= 4 is 17.4 Å². The van der Waals surface area contributed by atoms with Crippen LogP contribution in [0, 0.1) is 5.82 Å². The quantitative estimate of drug-likeness (QED) is 0.381. The van der Waals surface area contributed by atoms with Crippen molar-refractivity contribution in [1.29, 1.82) is 0 Å². The SMILES string of the molecule is O=C1C(=O)N(Cc2ccco2)C(c2ccccc2F)/C1=C(/O)c1ccc2c(c1)OCCO2. The second kappa shape index (κ2) is 7.88. The van der Waals surface area contributed by atoms with Crippen LogP contribution in [-0.2, 0) is 16.1 Å². The van der Waals surface area contributed by atoms with E-state index in [1.54, 1.807) is 30.3 Å². The molecular formula is C24H18FNO6. The summed E-state index contributed by atoms with van der Waals surface area (Å²) in [5.74, 6) is -1.43. The number of fused-ring (bicyclic) bond motifs is 1. The molecule has 0 bridgehead atoms. The van der Waals surface area contributed by atoms with E-state index in [2.05, 4.69) is 0 Å². The molecule has 3 aromatic rings. The molecule has 8 heteroatoms. The summed E-state index contributed by atoms with van der Waals surface area (Å²) in [6, 6.07) is 12.7. The van der Waals surface area contributed by atoms with Crippen LogP contribution in [0.1, 0.15) is 22.9 Å². The summed E-state index contributed by atoms with van der Waals surface area (Å²) in [4.78, 5) is 27.1. The maximum atomic E-state index is 14.8. The van der Waals surface area contributed by atoms with Crippen LogP contribution < -0.4 is 9.47 Å². The second-order valence-corrected chi connectivity index (χ2v) is 7.39. The van der Waals surface area contributed by atoms with Crippen LogP contribution in [0.15, 0.2) is 70.9 Å². The number of halogens is 1. The van der Waals surface area contributed by atoms with Gasteiger partial charge >= 0.3 is 0 Å². The van der Waals surface area contributed by atoms with E-state index in [4.69, 9.17) is 13.9 Å². The van der Waals surface area contributed by atoms with E-state index in [1.165, 1.54) is 35.4 Å². The Bertz CT molecular complexity index is 1230. The Labute approximate surface area is 182 Å². The molecule has 162 valence electrons. The lowest BCUT2D eigenvalue weighted by Gasteiger charge is -2.25. The molecule has 1 aromatic heterocycles. The minimum absolute atomic E-state index is 0.0610. The number of ketones is 1. The van der Waals surface area contributed by atoms with Crippen molar-refractivity contribution in [3.05, 3.63) is 89.1 Å². The minimum Gasteiger partial charge on any atom is -0.507 e. The van der Waals surface area contributed by atoms with Crippen LogP contribution in [0.4, 0.5) is 4.39 Å². The van der Waals surface area contributed by atoms with E-state index in [1.807, 2.05) is 0 Å². The number of Topliss-reactive ketones (excluding diaryl/α,β-unsaturated/α-hetero) is 1. The fourth-order valence-electron chi connectivity index (χ4n) is 3.98. The van der Waals surface area contributed by atoms with Crippen molar-refractivity contribution in [2.75, 3.05) is 13.2 Å². The van der Waals surface area contributed by atoms with E-state index in [9.17, 15) is 19.1 Å². The van der Waals surface area contributed by atoms with Crippen LogP contribution in [-0.4, -0.2) is 34.9 Å². The first-order valence-electron chi connectivity index (χ1n) is 10.00. The van der Waals surface area contributed by atoms with E-state index >= 15 is 0 Å². The molecule has 1 N–H and O–H groups in total. The Kier molecular flexibility index (Phi) is 4.89. The molecule has 0 spiro atoms. The Balaban J connectivity index is 1.65. The predicted octanol–water partition coefficient (Wildman–Crippen LogP) is 3.81. The number of nitrogens with zero attached hydrogens (tertiary/aromatic N) is 1. The van der Waals surface area contributed by atoms with Crippen LogP contribution in [0.3, 0.4) is 0 Å². The standard InChI is InChI=1S/C24H18FNO6/c25-17-6-2-1-5-16(17)21-20(23(28)24(29)26(21)13-15-4-3-9-30-15)22(27)14-7-8-18-19(12-14)32-11-10-31-18/h1-9,12,21,27H,10-11,13H2/b22-20-. The number of aliphatic hydroxyl groups is 1. The molecule has 2 aliphatic rings. The van der Waals surface area contributed by atoms with Gasteiger partial charge < -0.3 is 23.9 Å². The Morgan fingerprint density at radius 1 is 1.03 bits per heavy atom. The maximum absolute atomic E-state index is 14.8. The molecule has 1 saturated heterocycles. The van der Waals surface area contributed by atoms with Gasteiger partial charge in [0.15, 0.2) is 11.5 Å². The molecule has 1 amide bonds. The molecule has 1 fully saturated rings. The van der Waals surface area contributed by atoms with E-state index in [-0.39, 0.29) is 23.2 Å². The number of carbonyl (C=O) groups excluding carboxylic acids is 2. The fourth-order valence-corrected chi connectivity index (χ4v) is 3.98. The molecule has 7 nitrogen and oxygen atoms in total. The van der Waals surface area contributed by atoms with Gasteiger partial charge in [0.1, 0.15) is 30.6 Å². The van der Waals surface area contributed by atoms with Gasteiger partial charge in [0, 0.05) is 11.1 Å². The summed E-state index contributed by atoms with van der Waals surface area (Å²) < 4.78 is 31.2. The zero-order valence-corrected chi connectivity index (χ0v) is 16.8. The average molecular weight is 435 g/mol. The fraction of sp³-hybridized carbons (Fsp3) is 0.167. The lowest BCUT2D eigenvalue weighted by atomic mass is 9.94. The first kappa shape index (κ1) is 19.9. The van der Waals surface area contributed by atoms with Gasteiger partial charge in [0.2, 0.25) is 0 Å². The Morgan fingerprint density at radius 2 is 1.81 bits per heavy atom. The van der Waals surface area contributed by atoms with Crippen molar-refractivity contribution in [1.82, 2.24) is 4.90 Å². The van der Waals surface area contributed by atoms with Crippen molar-refractivity contribution in [3.8, 4) is 11.5 Å². The number of aliphatic hydroxyl groups excluding tert-OH is 1. The first-order valence-corrected chi connectivity index (χ1v) is 10.00. The summed E-state index contributed by atoms with van der Waals surface area (Å²) in [6.45, 7) is 0.692. The van der Waals surface area contributed by atoms with Crippen LogP contribution in [0.25, 0.3) is 5.76 Å². The summed E-state index contributed by atoms with van der Waals surface area (Å²) >= 11 is 0. The highest BCUT2D eigenvalue weighted by Gasteiger charge is 2.47. The van der Waals surface area contributed by atoms with Crippen molar-refractivity contribution in [3.63, 3.8) is 0 Å². The van der Waals surface area contributed by atoms with Gasteiger partial charge in [-0.3, -0.25) is 9.59 Å². The lowest BCUT2D eigenvalue weighted by Crippen LogP contribution is -2.29. The molecule has 0 aliphatic carbocycles. The van der Waals surface area contributed by atoms with Gasteiger partial charge in [-0.25, -0.2) is 4.39 Å². The number of likely N-dealkylation sites (tertiary alicyclic amines) is 1. The van der Waals surface area contributed by atoms with E-state index in [0.717, 1.165) is 0 Å². The van der Waals surface area contributed by atoms with Crippen molar-refractivity contribution in [2.45, 2.75) is 12.6 Å². The molecule has 32 heavy (non-hydrogen) atoms. The molecular weight excluding hydrogens is 417 g/mol. The largest absolute Gasteiger partial charge is 0.507 e. The molecule has 2 aromatic carbocycles. The van der Waals surface area contributed by atoms with E-state index < -0.39 is 29.3 Å². The third-order valence-electron chi connectivity index (χ3n) is 5.46. The smallest absolute Gasteiger partial charge is 0.296 e. The summed E-state index contributed by atoms with van der Waals surface area (Å²) in [6.07, 6.45) is 1.44. The maximum Gasteiger partial charge on any atom is 0.296 e. The third kappa shape index (κ3) is 3.30. The monoisotopic (exact) mass is 435 g/mol. The highest BCUT2D eigenvalue weighted by molar-refractivity contribution is 6.46. The van der Waals surface area contributed by atoms with Crippen LogP contribution in [0.2, 0.25) is 0 Å². The van der Waals surface area contributed by atoms with Crippen molar-refractivity contribution < 1.29 is 33.0 Å². The topological polar surface area (TPSA) is 89.2 Å². The molecule has 0 radical (unpaired) electrons. The summed E-state index contributed by atoms with van der Waals surface area (Å²) in [5, 5.41) is 11.1. The minimum atomic E-state index is -1.13. The first-order chi connectivity index (χ1) is 15.5. The van der Waals surface area contributed by atoms with E-state index in [0.29, 0.717) is 30.5 Å². The molecule has 2 aliphatic heterocycles. The van der Waals surface area contributed by atoms with Crippen LogP contribution in [0.5, 0.6) is 11.5 Å². The van der Waals surface area contributed by atoms with Gasteiger partial charge in [0.25, 0.3) is 11.7 Å².